The number of halogens is 3. The summed E-state index contributed by atoms with van der Waals surface area (Å²) in [6.45, 7) is 0.573. The van der Waals surface area contributed by atoms with Crippen LogP contribution in [-0.2, 0) is 12.8 Å². The molecule has 0 saturated carbocycles. The third-order valence-electron chi connectivity index (χ3n) is 3.66. The van der Waals surface area contributed by atoms with Gasteiger partial charge in [-0.2, -0.15) is 0 Å². The Kier molecular flexibility index (Phi) is 3.83. The molecular formula is C16H14ClF2NO. The Morgan fingerprint density at radius 2 is 1.95 bits per heavy atom. The van der Waals surface area contributed by atoms with Gasteiger partial charge in [0.1, 0.15) is 17.4 Å². The van der Waals surface area contributed by atoms with E-state index in [4.69, 9.17) is 22.1 Å². The first kappa shape index (κ1) is 14.3. The maximum Gasteiger partial charge on any atom is 0.129 e. The van der Waals surface area contributed by atoms with Gasteiger partial charge >= 0.3 is 0 Å². The Balaban J connectivity index is 1.95. The minimum atomic E-state index is -0.593. The van der Waals surface area contributed by atoms with Crippen molar-refractivity contribution in [1.29, 1.82) is 0 Å². The van der Waals surface area contributed by atoms with Crippen LogP contribution in [-0.4, -0.2) is 6.61 Å². The van der Waals surface area contributed by atoms with E-state index < -0.39 is 17.7 Å². The van der Waals surface area contributed by atoms with E-state index >= 15 is 0 Å². The Morgan fingerprint density at radius 1 is 1.24 bits per heavy atom. The van der Waals surface area contributed by atoms with Crippen molar-refractivity contribution in [2.45, 2.75) is 18.9 Å². The van der Waals surface area contributed by atoms with Gasteiger partial charge in [0, 0.05) is 28.6 Å². The average Bonchev–Trinajstić information content (AvgIpc) is 2.90. The standard InChI is InChI=1S/C16H14ClF2NO/c17-10-6-9-4-5-21-16(9)12(7-10)15(20)8-11-13(18)2-1-3-14(11)19/h1-3,6-7,15H,4-5,8,20H2. The molecule has 5 heteroatoms. The fraction of sp³-hybridized carbons (Fsp3) is 0.250. The second-order valence-corrected chi connectivity index (χ2v) is 5.53. The van der Waals surface area contributed by atoms with Crippen molar-refractivity contribution in [3.8, 4) is 5.75 Å². The Morgan fingerprint density at radius 3 is 2.67 bits per heavy atom. The summed E-state index contributed by atoms with van der Waals surface area (Å²) in [5.41, 5.74) is 7.80. The van der Waals surface area contributed by atoms with E-state index in [0.29, 0.717) is 22.9 Å². The number of benzene rings is 2. The maximum atomic E-state index is 13.7. The summed E-state index contributed by atoms with van der Waals surface area (Å²) in [5.74, 6) is -0.487. The highest BCUT2D eigenvalue weighted by atomic mass is 35.5. The summed E-state index contributed by atoms with van der Waals surface area (Å²) in [6, 6.07) is 6.74. The second kappa shape index (κ2) is 5.62. The first-order valence-electron chi connectivity index (χ1n) is 6.70. The molecule has 2 aromatic carbocycles. The van der Waals surface area contributed by atoms with Gasteiger partial charge in [0.15, 0.2) is 0 Å². The summed E-state index contributed by atoms with van der Waals surface area (Å²) >= 11 is 6.08. The molecule has 0 radical (unpaired) electrons. The van der Waals surface area contributed by atoms with Crippen molar-refractivity contribution in [3.63, 3.8) is 0 Å². The van der Waals surface area contributed by atoms with E-state index in [-0.39, 0.29) is 12.0 Å². The Labute approximate surface area is 126 Å². The lowest BCUT2D eigenvalue weighted by atomic mass is 9.96. The van der Waals surface area contributed by atoms with Crippen LogP contribution >= 0.6 is 11.6 Å². The van der Waals surface area contributed by atoms with Crippen LogP contribution in [0.1, 0.15) is 22.7 Å². The van der Waals surface area contributed by atoms with Crippen molar-refractivity contribution in [2.75, 3.05) is 6.61 Å². The van der Waals surface area contributed by atoms with Gasteiger partial charge in [-0.3, -0.25) is 0 Å². The first-order chi connectivity index (χ1) is 10.1. The molecule has 1 aliphatic heterocycles. The SMILES string of the molecule is NC(Cc1c(F)cccc1F)c1cc(Cl)cc2c1OCC2. The topological polar surface area (TPSA) is 35.2 Å². The van der Waals surface area contributed by atoms with Gasteiger partial charge in [0.2, 0.25) is 0 Å². The van der Waals surface area contributed by atoms with Crippen LogP contribution < -0.4 is 10.5 Å². The van der Waals surface area contributed by atoms with Gasteiger partial charge < -0.3 is 10.5 Å². The molecule has 2 aromatic rings. The number of hydrogen-bond acceptors (Lipinski definition) is 2. The third kappa shape index (κ3) is 2.74. The summed E-state index contributed by atoms with van der Waals surface area (Å²) in [7, 11) is 0. The zero-order chi connectivity index (χ0) is 15.0. The molecule has 0 amide bonds. The molecule has 21 heavy (non-hydrogen) atoms. The molecule has 0 aromatic heterocycles. The molecule has 1 unspecified atom stereocenters. The van der Waals surface area contributed by atoms with Crippen molar-refractivity contribution in [2.24, 2.45) is 5.73 Å². The van der Waals surface area contributed by atoms with Gasteiger partial charge in [0.25, 0.3) is 0 Å². The highest BCUT2D eigenvalue weighted by molar-refractivity contribution is 6.30. The zero-order valence-corrected chi connectivity index (χ0v) is 12.0. The quantitative estimate of drug-likeness (QED) is 0.936. The van der Waals surface area contributed by atoms with Crippen LogP contribution in [0.25, 0.3) is 0 Å². The molecule has 1 atom stereocenters. The third-order valence-corrected chi connectivity index (χ3v) is 3.88. The maximum absolute atomic E-state index is 13.7. The molecule has 0 bridgehead atoms. The minimum absolute atomic E-state index is 0.0169. The lowest BCUT2D eigenvalue weighted by Gasteiger charge is -2.17. The Hall–Kier alpha value is -1.65. The molecule has 3 rings (SSSR count). The molecule has 1 heterocycles. The predicted octanol–water partition coefficient (Wildman–Crippen LogP) is 3.80. The molecule has 1 aliphatic rings. The largest absolute Gasteiger partial charge is 0.493 e. The molecular weight excluding hydrogens is 296 g/mol. The van der Waals surface area contributed by atoms with Crippen molar-refractivity contribution in [3.05, 3.63) is 63.7 Å². The van der Waals surface area contributed by atoms with Gasteiger partial charge in [-0.25, -0.2) is 8.78 Å². The normalized spacial score (nSPS) is 14.7. The first-order valence-corrected chi connectivity index (χ1v) is 7.07. The van der Waals surface area contributed by atoms with Crippen LogP contribution in [0.5, 0.6) is 5.75 Å². The number of nitrogens with two attached hydrogens (primary N) is 1. The molecule has 2 N–H and O–H groups in total. The van der Waals surface area contributed by atoms with Gasteiger partial charge in [-0.1, -0.05) is 17.7 Å². The predicted molar refractivity (Wildman–Crippen MR) is 77.6 cm³/mol. The monoisotopic (exact) mass is 309 g/mol. The van der Waals surface area contributed by atoms with E-state index in [2.05, 4.69) is 0 Å². The fourth-order valence-corrected chi connectivity index (χ4v) is 2.88. The van der Waals surface area contributed by atoms with Gasteiger partial charge in [-0.15, -0.1) is 0 Å². The van der Waals surface area contributed by atoms with E-state index in [1.54, 1.807) is 6.07 Å². The van der Waals surface area contributed by atoms with Crippen LogP contribution in [0, 0.1) is 11.6 Å². The molecule has 2 nitrogen and oxygen atoms in total. The second-order valence-electron chi connectivity index (χ2n) is 5.09. The Bertz CT molecular complexity index is 670. The van der Waals surface area contributed by atoms with Gasteiger partial charge in [-0.05, 0) is 36.2 Å². The smallest absolute Gasteiger partial charge is 0.129 e. The number of ether oxygens (including phenoxy) is 1. The van der Waals surface area contributed by atoms with E-state index in [9.17, 15) is 8.78 Å². The number of rotatable bonds is 3. The highest BCUT2D eigenvalue weighted by Gasteiger charge is 2.23. The lowest BCUT2D eigenvalue weighted by Crippen LogP contribution is -2.16. The number of fused-ring (bicyclic) bond motifs is 1. The van der Waals surface area contributed by atoms with Gasteiger partial charge in [0.05, 0.1) is 6.61 Å². The summed E-state index contributed by atoms with van der Waals surface area (Å²) in [5, 5.41) is 0.554. The minimum Gasteiger partial charge on any atom is -0.493 e. The van der Waals surface area contributed by atoms with Crippen LogP contribution in [0.4, 0.5) is 8.78 Å². The van der Waals surface area contributed by atoms with Crippen molar-refractivity contribution >= 4 is 11.6 Å². The number of hydrogen-bond donors (Lipinski definition) is 1. The van der Waals surface area contributed by atoms with Crippen molar-refractivity contribution < 1.29 is 13.5 Å². The fourth-order valence-electron chi connectivity index (χ4n) is 2.63. The zero-order valence-electron chi connectivity index (χ0n) is 11.2. The molecule has 110 valence electrons. The van der Waals surface area contributed by atoms with Crippen LogP contribution in [0.3, 0.4) is 0 Å². The molecule has 0 saturated heterocycles. The lowest BCUT2D eigenvalue weighted by molar-refractivity contribution is 0.351. The molecule has 0 spiro atoms. The van der Waals surface area contributed by atoms with E-state index in [1.165, 1.54) is 18.2 Å². The molecule has 0 fully saturated rings. The van der Waals surface area contributed by atoms with Crippen LogP contribution in [0.2, 0.25) is 5.02 Å². The average molecular weight is 310 g/mol. The summed E-state index contributed by atoms with van der Waals surface area (Å²) < 4.78 is 33.0. The van der Waals surface area contributed by atoms with Crippen molar-refractivity contribution in [1.82, 2.24) is 0 Å². The molecule has 0 aliphatic carbocycles. The summed E-state index contributed by atoms with van der Waals surface area (Å²) in [4.78, 5) is 0. The summed E-state index contributed by atoms with van der Waals surface area (Å²) in [6.07, 6.45) is 0.818. The van der Waals surface area contributed by atoms with Crippen LogP contribution in [0.15, 0.2) is 30.3 Å². The van der Waals surface area contributed by atoms with E-state index in [0.717, 1.165) is 12.0 Å². The van der Waals surface area contributed by atoms with E-state index in [1.807, 2.05) is 6.07 Å². The highest BCUT2D eigenvalue weighted by Crippen LogP contribution is 2.37.